The van der Waals surface area contributed by atoms with Crippen LogP contribution < -0.4 is 10.1 Å². The first-order chi connectivity index (χ1) is 13.2. The molecule has 0 spiro atoms. The lowest BCUT2D eigenvalue weighted by molar-refractivity contribution is -0.105. The second-order valence-corrected chi connectivity index (χ2v) is 7.23. The maximum Gasteiger partial charge on any atom is 0.213 e. The van der Waals surface area contributed by atoms with Crippen molar-refractivity contribution in [2.45, 2.75) is 19.4 Å². The van der Waals surface area contributed by atoms with Crippen LogP contribution in [0.5, 0.6) is 11.5 Å². The SMILES string of the molecule is O=CNc1nc2ccc(-c3nc4cc(O)cc5c4n3CCCCO5)nc2s1. The van der Waals surface area contributed by atoms with E-state index < -0.39 is 0 Å². The molecule has 4 heterocycles. The Bertz CT molecular complexity index is 1180. The number of carbonyl (C=O) groups is 1. The van der Waals surface area contributed by atoms with Crippen molar-refractivity contribution >= 4 is 44.3 Å². The number of ether oxygens (including phenoxy) is 1. The number of hydrogen-bond acceptors (Lipinski definition) is 7. The van der Waals surface area contributed by atoms with Crippen LogP contribution in [0.1, 0.15) is 12.8 Å². The minimum Gasteiger partial charge on any atom is -0.508 e. The highest BCUT2D eigenvalue weighted by Gasteiger charge is 2.20. The van der Waals surface area contributed by atoms with E-state index in [1.165, 1.54) is 11.3 Å². The Labute approximate surface area is 157 Å². The molecule has 136 valence electrons. The molecule has 0 radical (unpaired) electrons. The van der Waals surface area contributed by atoms with Gasteiger partial charge in [-0.3, -0.25) is 4.79 Å². The molecule has 0 saturated carbocycles. The number of hydrogen-bond donors (Lipinski definition) is 2. The molecule has 5 rings (SSSR count). The van der Waals surface area contributed by atoms with Gasteiger partial charge >= 0.3 is 0 Å². The number of aromatic hydroxyl groups is 1. The summed E-state index contributed by atoms with van der Waals surface area (Å²) >= 11 is 1.31. The Hall–Kier alpha value is -3.20. The summed E-state index contributed by atoms with van der Waals surface area (Å²) < 4.78 is 7.94. The molecule has 0 saturated heterocycles. The number of pyridine rings is 1. The van der Waals surface area contributed by atoms with Crippen LogP contribution >= 0.6 is 11.3 Å². The maximum absolute atomic E-state index is 10.6. The Morgan fingerprint density at radius 1 is 1.19 bits per heavy atom. The molecule has 4 aromatic rings. The second kappa shape index (κ2) is 6.20. The average molecular weight is 381 g/mol. The van der Waals surface area contributed by atoms with Crippen LogP contribution in [-0.2, 0) is 11.3 Å². The number of thiazole rings is 1. The third-order valence-corrected chi connectivity index (χ3v) is 5.39. The molecule has 9 heteroatoms. The first kappa shape index (κ1) is 16.0. The molecule has 2 N–H and O–H groups in total. The molecule has 1 aliphatic rings. The van der Waals surface area contributed by atoms with Crippen molar-refractivity contribution in [1.82, 2.24) is 19.5 Å². The lowest BCUT2D eigenvalue weighted by Gasteiger charge is -2.16. The average Bonchev–Trinajstić information content (AvgIpc) is 3.19. The molecular weight excluding hydrogens is 366 g/mol. The van der Waals surface area contributed by atoms with Gasteiger partial charge in [-0.05, 0) is 25.0 Å². The third kappa shape index (κ3) is 2.67. The minimum absolute atomic E-state index is 0.129. The molecule has 1 amide bonds. The van der Waals surface area contributed by atoms with Crippen LogP contribution in [0.25, 0.3) is 32.9 Å². The van der Waals surface area contributed by atoms with E-state index in [2.05, 4.69) is 14.9 Å². The van der Waals surface area contributed by atoms with Crippen LogP contribution in [0.4, 0.5) is 5.13 Å². The number of aromatic nitrogens is 4. The topological polar surface area (TPSA) is 102 Å². The summed E-state index contributed by atoms with van der Waals surface area (Å²) in [4.78, 5) is 25.1. The van der Waals surface area contributed by atoms with E-state index in [1.54, 1.807) is 12.1 Å². The standard InChI is InChI=1S/C18H15N5O3S/c24-9-19-18-22-12-4-3-11(21-17(12)27-18)16-20-13-7-10(25)8-14-15(13)23(16)5-1-2-6-26-14/h3-4,7-9,25H,1-2,5-6H2,(H,19,22,24). The fraction of sp³-hybridized carbons (Fsp3) is 0.222. The number of benzene rings is 1. The van der Waals surface area contributed by atoms with Crippen molar-refractivity contribution in [2.24, 2.45) is 0 Å². The zero-order valence-corrected chi connectivity index (χ0v) is 15.0. The van der Waals surface area contributed by atoms with Gasteiger partial charge in [0.2, 0.25) is 6.41 Å². The van der Waals surface area contributed by atoms with Crippen LogP contribution in [0, 0.1) is 0 Å². The van der Waals surface area contributed by atoms with Crippen LogP contribution in [0.15, 0.2) is 24.3 Å². The van der Waals surface area contributed by atoms with E-state index in [9.17, 15) is 9.90 Å². The summed E-state index contributed by atoms with van der Waals surface area (Å²) in [5, 5.41) is 13.1. The Morgan fingerprint density at radius 3 is 3.00 bits per heavy atom. The van der Waals surface area contributed by atoms with Gasteiger partial charge in [0.05, 0.1) is 12.1 Å². The Balaban J connectivity index is 1.71. The molecule has 3 aromatic heterocycles. The number of rotatable bonds is 3. The van der Waals surface area contributed by atoms with E-state index in [-0.39, 0.29) is 5.75 Å². The summed E-state index contributed by atoms with van der Waals surface area (Å²) in [7, 11) is 0. The normalized spacial score (nSPS) is 13.9. The van der Waals surface area contributed by atoms with Gasteiger partial charge in [-0.25, -0.2) is 15.0 Å². The molecule has 27 heavy (non-hydrogen) atoms. The Morgan fingerprint density at radius 2 is 2.11 bits per heavy atom. The number of phenols is 1. The van der Waals surface area contributed by atoms with E-state index in [1.807, 2.05) is 12.1 Å². The van der Waals surface area contributed by atoms with Gasteiger partial charge in [0.25, 0.3) is 0 Å². The van der Waals surface area contributed by atoms with Crippen molar-refractivity contribution in [3.8, 4) is 23.0 Å². The number of aryl methyl sites for hydroxylation is 1. The number of nitrogens with one attached hydrogen (secondary N) is 1. The summed E-state index contributed by atoms with van der Waals surface area (Å²) in [6.07, 6.45) is 2.50. The number of anilines is 1. The van der Waals surface area contributed by atoms with Gasteiger partial charge in [0.1, 0.15) is 33.1 Å². The van der Waals surface area contributed by atoms with Crippen molar-refractivity contribution < 1.29 is 14.6 Å². The van der Waals surface area contributed by atoms with Gasteiger partial charge in [-0.1, -0.05) is 11.3 Å². The molecular formula is C18H15N5O3S. The largest absolute Gasteiger partial charge is 0.508 e. The summed E-state index contributed by atoms with van der Waals surface area (Å²) in [5.74, 6) is 1.49. The molecule has 0 fully saturated rings. The second-order valence-electron chi connectivity index (χ2n) is 6.26. The summed E-state index contributed by atoms with van der Waals surface area (Å²) in [6, 6.07) is 7.01. The molecule has 1 aromatic carbocycles. The van der Waals surface area contributed by atoms with Crippen LogP contribution in [-0.4, -0.2) is 37.6 Å². The first-order valence-electron chi connectivity index (χ1n) is 8.57. The summed E-state index contributed by atoms with van der Waals surface area (Å²) in [5.41, 5.74) is 2.98. The lowest BCUT2D eigenvalue weighted by Crippen LogP contribution is -2.09. The van der Waals surface area contributed by atoms with Crippen LogP contribution in [0.3, 0.4) is 0 Å². The van der Waals surface area contributed by atoms with Gasteiger partial charge in [-0.2, -0.15) is 0 Å². The number of imidazole rings is 1. The van der Waals surface area contributed by atoms with E-state index in [4.69, 9.17) is 14.7 Å². The molecule has 8 nitrogen and oxygen atoms in total. The summed E-state index contributed by atoms with van der Waals surface area (Å²) in [6.45, 7) is 1.42. The predicted octanol–water partition coefficient (Wildman–Crippen LogP) is 3.15. The van der Waals surface area contributed by atoms with Gasteiger partial charge in [-0.15, -0.1) is 0 Å². The Kier molecular flexibility index (Phi) is 3.68. The molecule has 0 unspecified atom stereocenters. The van der Waals surface area contributed by atoms with Crippen molar-refractivity contribution in [3.63, 3.8) is 0 Å². The number of phenolic OH excluding ortho intramolecular Hbond substituents is 1. The lowest BCUT2D eigenvalue weighted by atomic mass is 10.2. The fourth-order valence-corrected chi connectivity index (χ4v) is 4.14. The van der Waals surface area contributed by atoms with Gasteiger partial charge < -0.3 is 19.7 Å². The van der Waals surface area contributed by atoms with Gasteiger partial charge in [0.15, 0.2) is 11.0 Å². The molecule has 0 bridgehead atoms. The highest BCUT2D eigenvalue weighted by molar-refractivity contribution is 7.21. The van der Waals surface area contributed by atoms with E-state index in [0.717, 1.165) is 41.1 Å². The van der Waals surface area contributed by atoms with Crippen molar-refractivity contribution in [1.29, 1.82) is 0 Å². The fourth-order valence-electron chi connectivity index (χ4n) is 3.35. The smallest absolute Gasteiger partial charge is 0.213 e. The molecule has 0 aliphatic carbocycles. The highest BCUT2D eigenvalue weighted by atomic mass is 32.1. The van der Waals surface area contributed by atoms with Crippen LogP contribution in [0.2, 0.25) is 0 Å². The van der Waals surface area contributed by atoms with Crippen molar-refractivity contribution in [2.75, 3.05) is 11.9 Å². The number of fused-ring (bicyclic) bond motifs is 1. The minimum atomic E-state index is 0.129. The highest BCUT2D eigenvalue weighted by Crippen LogP contribution is 2.36. The maximum atomic E-state index is 10.6. The van der Waals surface area contributed by atoms with Crippen molar-refractivity contribution in [3.05, 3.63) is 24.3 Å². The first-order valence-corrected chi connectivity index (χ1v) is 9.39. The van der Waals surface area contributed by atoms with E-state index in [0.29, 0.717) is 35.1 Å². The number of carbonyl (C=O) groups excluding carboxylic acids is 1. The number of amides is 1. The third-order valence-electron chi connectivity index (χ3n) is 4.49. The molecule has 1 aliphatic heterocycles. The monoisotopic (exact) mass is 381 g/mol. The predicted molar refractivity (Wildman–Crippen MR) is 102 cm³/mol. The van der Waals surface area contributed by atoms with E-state index >= 15 is 0 Å². The molecule has 0 atom stereocenters. The quantitative estimate of drug-likeness (QED) is 0.529. The van der Waals surface area contributed by atoms with Gasteiger partial charge in [0, 0.05) is 18.7 Å². The zero-order valence-electron chi connectivity index (χ0n) is 14.2. The number of nitrogens with zero attached hydrogens (tertiary/aromatic N) is 4. The zero-order chi connectivity index (χ0) is 18.4.